The molecule has 0 aliphatic rings. The van der Waals surface area contributed by atoms with Crippen molar-refractivity contribution in [2.24, 2.45) is 10.2 Å². The molecule has 0 aliphatic heterocycles. The molecule has 0 aromatic carbocycles. The third kappa shape index (κ3) is 6.99. The molecule has 0 saturated heterocycles. The van der Waals surface area contributed by atoms with Crippen molar-refractivity contribution in [3.8, 4) is 0 Å². The number of rotatable bonds is 3. The fraction of sp³-hybridized carbons (Fsp3) is 0.429. The molecule has 4 N–H and O–H groups in total. The molecule has 84 valence electrons. The van der Waals surface area contributed by atoms with E-state index in [-0.39, 0.29) is 0 Å². The molecule has 0 unspecified atom stereocenters. The number of hydrogen-bond acceptors (Lipinski definition) is 4. The van der Waals surface area contributed by atoms with Gasteiger partial charge in [-0.05, 0) is 6.92 Å². The third-order valence-corrected chi connectivity index (χ3v) is 1.21. The Labute approximate surface area is 87.2 Å². The van der Waals surface area contributed by atoms with E-state index in [2.05, 4.69) is 31.7 Å². The van der Waals surface area contributed by atoms with Gasteiger partial charge in [0.25, 0.3) is 0 Å². The lowest BCUT2D eigenvalue weighted by Crippen LogP contribution is -2.30. The highest BCUT2D eigenvalue weighted by Gasteiger charge is 1.93. The van der Waals surface area contributed by atoms with Crippen LogP contribution in [0.5, 0.6) is 0 Å². The van der Waals surface area contributed by atoms with Crippen LogP contribution in [0.1, 0.15) is 6.92 Å². The molecule has 0 rings (SSSR count). The van der Waals surface area contributed by atoms with Gasteiger partial charge in [0.1, 0.15) is 0 Å². The highest BCUT2D eigenvalue weighted by atomic mass is 16.2. The first-order chi connectivity index (χ1) is 7.10. The normalized spacial score (nSPS) is 11.0. The van der Waals surface area contributed by atoms with Gasteiger partial charge in [0.2, 0.25) is 0 Å². The van der Waals surface area contributed by atoms with Crippen molar-refractivity contribution in [2.75, 3.05) is 14.1 Å². The minimum absolute atomic E-state index is 0.429. The molecule has 8 nitrogen and oxygen atoms in total. The van der Waals surface area contributed by atoms with Crippen LogP contribution >= 0.6 is 0 Å². The fourth-order valence-electron chi connectivity index (χ4n) is 0.464. The van der Waals surface area contributed by atoms with Crippen LogP contribution in [0.3, 0.4) is 0 Å². The van der Waals surface area contributed by atoms with E-state index in [0.29, 0.717) is 5.71 Å². The maximum Gasteiger partial charge on any atom is 0.334 e. The second kappa shape index (κ2) is 7.30. The maximum absolute atomic E-state index is 10.7. The highest BCUT2D eigenvalue weighted by molar-refractivity contribution is 6.29. The van der Waals surface area contributed by atoms with E-state index in [0.717, 1.165) is 0 Å². The predicted octanol–water partition coefficient (Wildman–Crippen LogP) is -0.794. The number of nitrogens with zero attached hydrogens (tertiary/aromatic N) is 2. The molecule has 0 heterocycles. The summed E-state index contributed by atoms with van der Waals surface area (Å²) in [6.45, 7) is 1.62. The first kappa shape index (κ1) is 12.9. The number of hydrogen-bond donors (Lipinski definition) is 4. The predicted molar refractivity (Wildman–Crippen MR) is 56.8 cm³/mol. The SMILES string of the molecule is CNC(=O)N/N=C/C(C)=N/NC(=O)NC. The Bertz CT molecular complexity index is 285. The standard InChI is InChI=1S/C7H14N6O2/c1-5(11-13-7(15)9-3)4-10-12-6(14)8-2/h4H,1-3H3,(H2,8,12,14)(H2,9,13,15)/b10-4+,11-5+. The van der Waals surface area contributed by atoms with Crippen molar-refractivity contribution in [3.05, 3.63) is 0 Å². The molecule has 0 aliphatic carbocycles. The smallest absolute Gasteiger partial charge is 0.334 e. The monoisotopic (exact) mass is 214 g/mol. The molecule has 8 heteroatoms. The molecular weight excluding hydrogens is 200 g/mol. The van der Waals surface area contributed by atoms with E-state index >= 15 is 0 Å². The van der Waals surface area contributed by atoms with E-state index in [9.17, 15) is 9.59 Å². The summed E-state index contributed by atoms with van der Waals surface area (Å²) >= 11 is 0. The van der Waals surface area contributed by atoms with E-state index < -0.39 is 12.1 Å². The number of nitrogens with one attached hydrogen (secondary N) is 4. The summed E-state index contributed by atoms with van der Waals surface area (Å²) in [6, 6.07) is -0.861. The average Bonchev–Trinajstić information content (AvgIpc) is 2.25. The molecule has 0 aromatic heterocycles. The molecule has 0 radical (unpaired) electrons. The minimum Gasteiger partial charge on any atom is -0.340 e. The summed E-state index contributed by atoms with van der Waals surface area (Å²) in [5.41, 5.74) is 4.82. The van der Waals surface area contributed by atoms with Crippen LogP contribution in [-0.4, -0.2) is 38.1 Å². The van der Waals surface area contributed by atoms with Crippen LogP contribution in [-0.2, 0) is 0 Å². The van der Waals surface area contributed by atoms with Crippen molar-refractivity contribution in [3.63, 3.8) is 0 Å². The first-order valence-corrected chi connectivity index (χ1v) is 4.13. The van der Waals surface area contributed by atoms with Crippen molar-refractivity contribution in [1.82, 2.24) is 21.5 Å². The van der Waals surface area contributed by atoms with E-state index in [1.807, 2.05) is 0 Å². The lowest BCUT2D eigenvalue weighted by molar-refractivity contribution is 0.242. The number of carbonyl (C=O) groups is 2. The zero-order valence-electron chi connectivity index (χ0n) is 8.79. The molecule has 0 saturated carbocycles. The van der Waals surface area contributed by atoms with Crippen LogP contribution in [0.25, 0.3) is 0 Å². The fourth-order valence-corrected chi connectivity index (χ4v) is 0.464. The number of urea groups is 2. The van der Waals surface area contributed by atoms with Gasteiger partial charge in [-0.15, -0.1) is 0 Å². The summed E-state index contributed by atoms with van der Waals surface area (Å²) in [7, 11) is 2.94. The Morgan fingerprint density at radius 3 is 2.13 bits per heavy atom. The Balaban J connectivity index is 3.95. The molecular formula is C7H14N6O2. The Morgan fingerprint density at radius 2 is 1.60 bits per heavy atom. The molecule has 0 fully saturated rings. The van der Waals surface area contributed by atoms with Crippen LogP contribution in [0.4, 0.5) is 9.59 Å². The van der Waals surface area contributed by atoms with Crippen LogP contribution < -0.4 is 21.5 Å². The Kier molecular flexibility index (Phi) is 6.27. The van der Waals surface area contributed by atoms with E-state index in [4.69, 9.17) is 0 Å². The number of hydrazone groups is 2. The van der Waals surface area contributed by atoms with Crippen molar-refractivity contribution in [2.45, 2.75) is 6.92 Å². The topological polar surface area (TPSA) is 107 Å². The molecule has 0 aromatic rings. The largest absolute Gasteiger partial charge is 0.340 e. The first-order valence-electron chi connectivity index (χ1n) is 4.13. The van der Waals surface area contributed by atoms with E-state index in [1.165, 1.54) is 20.3 Å². The zero-order chi connectivity index (χ0) is 11.7. The number of amides is 4. The van der Waals surface area contributed by atoms with Gasteiger partial charge in [0.05, 0.1) is 11.9 Å². The zero-order valence-corrected chi connectivity index (χ0v) is 8.79. The van der Waals surface area contributed by atoms with Crippen LogP contribution in [0.2, 0.25) is 0 Å². The molecule has 0 atom stereocenters. The molecule has 0 bridgehead atoms. The molecule has 0 spiro atoms. The molecule has 15 heavy (non-hydrogen) atoms. The van der Waals surface area contributed by atoms with Gasteiger partial charge in [-0.3, -0.25) is 0 Å². The van der Waals surface area contributed by atoms with Gasteiger partial charge in [-0.2, -0.15) is 10.2 Å². The average molecular weight is 214 g/mol. The summed E-state index contributed by atoms with van der Waals surface area (Å²) in [6.07, 6.45) is 1.30. The molecule has 4 amide bonds. The lowest BCUT2D eigenvalue weighted by Gasteiger charge is -1.98. The lowest BCUT2D eigenvalue weighted by atomic mass is 10.5. The highest BCUT2D eigenvalue weighted by Crippen LogP contribution is 1.71. The van der Waals surface area contributed by atoms with Crippen molar-refractivity contribution < 1.29 is 9.59 Å². The van der Waals surface area contributed by atoms with Gasteiger partial charge in [0.15, 0.2) is 0 Å². The Hall–Kier alpha value is -2.12. The summed E-state index contributed by atoms with van der Waals surface area (Å²) in [5, 5.41) is 11.8. The van der Waals surface area contributed by atoms with Gasteiger partial charge in [0, 0.05) is 14.1 Å². The van der Waals surface area contributed by atoms with Crippen LogP contribution in [0, 0.1) is 0 Å². The summed E-state index contributed by atoms with van der Waals surface area (Å²) in [5.74, 6) is 0. The van der Waals surface area contributed by atoms with Crippen LogP contribution in [0.15, 0.2) is 10.2 Å². The van der Waals surface area contributed by atoms with Gasteiger partial charge in [-0.25, -0.2) is 20.4 Å². The van der Waals surface area contributed by atoms with Gasteiger partial charge < -0.3 is 10.6 Å². The summed E-state index contributed by atoms with van der Waals surface area (Å²) in [4.78, 5) is 21.3. The van der Waals surface area contributed by atoms with Crippen molar-refractivity contribution in [1.29, 1.82) is 0 Å². The second-order valence-corrected chi connectivity index (χ2v) is 2.39. The second-order valence-electron chi connectivity index (χ2n) is 2.39. The van der Waals surface area contributed by atoms with Gasteiger partial charge >= 0.3 is 12.1 Å². The number of carbonyl (C=O) groups excluding carboxylic acids is 2. The van der Waals surface area contributed by atoms with Crippen molar-refractivity contribution >= 4 is 24.0 Å². The maximum atomic E-state index is 10.7. The van der Waals surface area contributed by atoms with Gasteiger partial charge in [-0.1, -0.05) is 0 Å². The Morgan fingerprint density at radius 1 is 1.07 bits per heavy atom. The quantitative estimate of drug-likeness (QED) is 0.365. The summed E-state index contributed by atoms with van der Waals surface area (Å²) < 4.78 is 0. The van der Waals surface area contributed by atoms with E-state index in [1.54, 1.807) is 6.92 Å². The minimum atomic E-state index is -0.432. The third-order valence-electron chi connectivity index (χ3n) is 1.21.